The Morgan fingerprint density at radius 2 is 2.27 bits per heavy atom. The van der Waals surface area contributed by atoms with E-state index in [-0.39, 0.29) is 5.78 Å². The molecule has 0 heterocycles. The zero-order valence-corrected chi connectivity index (χ0v) is 8.78. The van der Waals surface area contributed by atoms with Crippen molar-refractivity contribution < 1.29 is 9.53 Å². The quantitative estimate of drug-likeness (QED) is 0.552. The Morgan fingerprint density at radius 1 is 1.53 bits per heavy atom. The smallest absolute Gasteiger partial charge is 0.152 e. The molecule has 0 bridgehead atoms. The highest BCUT2D eigenvalue weighted by Gasteiger charge is 1.99. The highest BCUT2D eigenvalue weighted by molar-refractivity contribution is 5.91. The summed E-state index contributed by atoms with van der Waals surface area (Å²) in [6.07, 6.45) is 8.52. The van der Waals surface area contributed by atoms with E-state index in [0.717, 1.165) is 16.9 Å². The van der Waals surface area contributed by atoms with Gasteiger partial charge in [0.25, 0.3) is 0 Å². The molecule has 1 aromatic rings. The van der Waals surface area contributed by atoms with Gasteiger partial charge >= 0.3 is 0 Å². The van der Waals surface area contributed by atoms with Crippen molar-refractivity contribution in [2.24, 2.45) is 0 Å². The largest absolute Gasteiger partial charge is 0.497 e. The number of rotatable bonds is 3. The Kier molecular flexibility index (Phi) is 3.70. The van der Waals surface area contributed by atoms with Crippen LogP contribution < -0.4 is 4.74 Å². The molecule has 0 saturated carbocycles. The second kappa shape index (κ2) is 5.02. The molecule has 1 rings (SSSR count). The number of terminal acetylenes is 1. The highest BCUT2D eigenvalue weighted by Crippen LogP contribution is 2.18. The Labute approximate surface area is 89.6 Å². The second-order valence-electron chi connectivity index (χ2n) is 3.04. The molecule has 0 aliphatic rings. The van der Waals surface area contributed by atoms with Crippen LogP contribution in [0.15, 0.2) is 24.3 Å². The third kappa shape index (κ3) is 2.99. The average molecular weight is 200 g/mol. The molecule has 2 nitrogen and oxygen atoms in total. The van der Waals surface area contributed by atoms with Crippen molar-refractivity contribution in [1.82, 2.24) is 0 Å². The Morgan fingerprint density at radius 3 is 2.80 bits per heavy atom. The van der Waals surface area contributed by atoms with Gasteiger partial charge < -0.3 is 4.74 Å². The number of hydrogen-bond acceptors (Lipinski definition) is 2. The molecule has 76 valence electrons. The van der Waals surface area contributed by atoms with E-state index in [1.165, 1.54) is 13.0 Å². The summed E-state index contributed by atoms with van der Waals surface area (Å²) >= 11 is 0. The maximum atomic E-state index is 10.8. The third-order valence-corrected chi connectivity index (χ3v) is 1.91. The summed E-state index contributed by atoms with van der Waals surface area (Å²) in [4.78, 5) is 10.8. The summed E-state index contributed by atoms with van der Waals surface area (Å²) in [5.41, 5.74) is 1.56. The van der Waals surface area contributed by atoms with Crippen LogP contribution in [0.25, 0.3) is 6.08 Å². The molecule has 0 aliphatic carbocycles. The van der Waals surface area contributed by atoms with Crippen LogP contribution in [0.3, 0.4) is 0 Å². The van der Waals surface area contributed by atoms with Crippen molar-refractivity contribution in [2.45, 2.75) is 6.92 Å². The topological polar surface area (TPSA) is 26.3 Å². The highest BCUT2D eigenvalue weighted by atomic mass is 16.5. The summed E-state index contributed by atoms with van der Waals surface area (Å²) in [5, 5.41) is 0. The molecule has 0 fully saturated rings. The van der Waals surface area contributed by atoms with Gasteiger partial charge in [0, 0.05) is 5.56 Å². The van der Waals surface area contributed by atoms with Gasteiger partial charge in [-0.25, -0.2) is 0 Å². The molecule has 0 aliphatic heterocycles. The molecule has 15 heavy (non-hydrogen) atoms. The SMILES string of the molecule is C#Cc1ccc(OC)cc1/C=C/C(C)=O. The van der Waals surface area contributed by atoms with Crippen molar-refractivity contribution in [3.05, 3.63) is 35.4 Å². The first-order valence-electron chi connectivity index (χ1n) is 4.50. The van der Waals surface area contributed by atoms with Gasteiger partial charge in [-0.3, -0.25) is 4.79 Å². The molecule has 0 atom stereocenters. The molecule has 0 amide bonds. The van der Waals surface area contributed by atoms with Crippen LogP contribution in [-0.4, -0.2) is 12.9 Å². The van der Waals surface area contributed by atoms with Crippen LogP contribution >= 0.6 is 0 Å². The number of hydrogen-bond donors (Lipinski definition) is 0. The Hall–Kier alpha value is -2.01. The average Bonchev–Trinajstić information content (AvgIpc) is 2.25. The van der Waals surface area contributed by atoms with Crippen molar-refractivity contribution >= 4 is 11.9 Å². The van der Waals surface area contributed by atoms with Crippen molar-refractivity contribution in [3.8, 4) is 18.1 Å². The molecule has 1 aromatic carbocycles. The zero-order valence-electron chi connectivity index (χ0n) is 8.78. The molecular weight excluding hydrogens is 188 g/mol. The minimum absolute atomic E-state index is 0.0132. The van der Waals surface area contributed by atoms with Gasteiger partial charge in [0.15, 0.2) is 5.78 Å². The molecule has 0 aromatic heterocycles. The minimum atomic E-state index is -0.0132. The molecule has 0 spiro atoms. The maximum Gasteiger partial charge on any atom is 0.152 e. The van der Waals surface area contributed by atoms with Crippen LogP contribution in [0.1, 0.15) is 18.1 Å². The predicted molar refractivity (Wildman–Crippen MR) is 60.6 cm³/mol. The first kappa shape index (κ1) is 11.1. The van der Waals surface area contributed by atoms with Gasteiger partial charge in [0.05, 0.1) is 7.11 Å². The van der Waals surface area contributed by atoms with E-state index in [0.29, 0.717) is 0 Å². The summed E-state index contributed by atoms with van der Waals surface area (Å²) in [6, 6.07) is 5.38. The number of ether oxygens (including phenoxy) is 1. The molecule has 2 heteroatoms. The van der Waals surface area contributed by atoms with E-state index in [1.807, 2.05) is 0 Å². The van der Waals surface area contributed by atoms with Gasteiger partial charge in [0.2, 0.25) is 0 Å². The van der Waals surface area contributed by atoms with Crippen molar-refractivity contribution in [3.63, 3.8) is 0 Å². The fraction of sp³-hybridized carbons (Fsp3) is 0.154. The molecule has 0 unspecified atom stereocenters. The van der Waals surface area contributed by atoms with Crippen LogP contribution in [-0.2, 0) is 4.79 Å². The zero-order chi connectivity index (χ0) is 11.3. The first-order valence-corrected chi connectivity index (χ1v) is 4.50. The van der Waals surface area contributed by atoms with Crippen LogP contribution in [0.4, 0.5) is 0 Å². The van der Waals surface area contributed by atoms with E-state index in [2.05, 4.69) is 5.92 Å². The van der Waals surface area contributed by atoms with Gasteiger partial charge in [0.1, 0.15) is 5.75 Å². The number of carbonyl (C=O) groups excluding carboxylic acids is 1. The van der Waals surface area contributed by atoms with Crippen LogP contribution in [0, 0.1) is 12.3 Å². The number of benzene rings is 1. The van der Waals surface area contributed by atoms with Crippen molar-refractivity contribution in [2.75, 3.05) is 7.11 Å². The Bertz CT molecular complexity index is 436. The van der Waals surface area contributed by atoms with Gasteiger partial charge in [-0.05, 0) is 36.8 Å². The Balaban J connectivity index is 3.13. The van der Waals surface area contributed by atoms with E-state index >= 15 is 0 Å². The monoisotopic (exact) mass is 200 g/mol. The fourth-order valence-corrected chi connectivity index (χ4v) is 1.14. The third-order valence-electron chi connectivity index (χ3n) is 1.91. The minimum Gasteiger partial charge on any atom is -0.497 e. The standard InChI is InChI=1S/C13H12O2/c1-4-11-7-8-13(15-3)9-12(11)6-5-10(2)14/h1,5-9H,2-3H3/b6-5+. The number of ketones is 1. The summed E-state index contributed by atoms with van der Waals surface area (Å²) in [7, 11) is 1.59. The second-order valence-corrected chi connectivity index (χ2v) is 3.04. The lowest BCUT2D eigenvalue weighted by molar-refractivity contribution is -0.112. The summed E-state index contributed by atoms with van der Waals surface area (Å²) in [5.74, 6) is 3.26. The van der Waals surface area contributed by atoms with Crippen LogP contribution in [0.5, 0.6) is 5.75 Å². The van der Waals surface area contributed by atoms with E-state index < -0.39 is 0 Å². The van der Waals surface area contributed by atoms with E-state index in [1.54, 1.807) is 31.4 Å². The molecule has 0 radical (unpaired) electrons. The summed E-state index contributed by atoms with van der Waals surface area (Å²) < 4.78 is 5.07. The lowest BCUT2D eigenvalue weighted by Crippen LogP contribution is -1.88. The maximum absolute atomic E-state index is 10.8. The van der Waals surface area contributed by atoms with Crippen molar-refractivity contribution in [1.29, 1.82) is 0 Å². The van der Waals surface area contributed by atoms with E-state index in [9.17, 15) is 4.79 Å². The van der Waals surface area contributed by atoms with Gasteiger partial charge in [-0.15, -0.1) is 6.42 Å². The first-order chi connectivity index (χ1) is 7.17. The fourth-order valence-electron chi connectivity index (χ4n) is 1.14. The predicted octanol–water partition coefficient (Wildman–Crippen LogP) is 2.28. The molecule has 0 saturated heterocycles. The summed E-state index contributed by atoms with van der Waals surface area (Å²) in [6.45, 7) is 1.49. The number of methoxy groups -OCH3 is 1. The normalized spacial score (nSPS) is 9.93. The molecule has 0 N–H and O–H groups in total. The lowest BCUT2D eigenvalue weighted by atomic mass is 10.1. The van der Waals surface area contributed by atoms with Gasteiger partial charge in [-0.1, -0.05) is 12.0 Å². The van der Waals surface area contributed by atoms with Gasteiger partial charge in [-0.2, -0.15) is 0 Å². The lowest BCUT2D eigenvalue weighted by Gasteiger charge is -2.03. The van der Waals surface area contributed by atoms with Crippen LogP contribution in [0.2, 0.25) is 0 Å². The van der Waals surface area contributed by atoms with E-state index in [4.69, 9.17) is 11.2 Å². The molecular formula is C13H12O2. The number of allylic oxidation sites excluding steroid dienone is 1. The number of carbonyl (C=O) groups is 1.